The minimum atomic E-state index is -1.50. The van der Waals surface area contributed by atoms with Crippen LogP contribution < -0.4 is 0 Å². The molecule has 3 aliphatic heterocycles. The SMILES string of the molecule is CC1C(=O)OCC2=CCN3CC[C@@H](OC(=O)[C@H](C)[C@@]1(C)O)[C@@H]23. The van der Waals surface area contributed by atoms with Crippen LogP contribution in [0.25, 0.3) is 0 Å². The number of carbonyl (C=O) groups excluding carboxylic acids is 2. The first-order valence-corrected chi connectivity index (χ1v) is 7.85. The Hall–Kier alpha value is -1.40. The summed E-state index contributed by atoms with van der Waals surface area (Å²) in [5.41, 5.74) is -0.509. The van der Waals surface area contributed by atoms with Crippen LogP contribution in [0.2, 0.25) is 0 Å². The summed E-state index contributed by atoms with van der Waals surface area (Å²) >= 11 is 0. The van der Waals surface area contributed by atoms with Gasteiger partial charge in [-0.3, -0.25) is 14.5 Å². The fraction of sp³-hybridized carbons (Fsp3) is 0.750. The van der Waals surface area contributed by atoms with Crippen LogP contribution >= 0.6 is 0 Å². The van der Waals surface area contributed by atoms with Gasteiger partial charge in [-0.2, -0.15) is 0 Å². The number of hydrogen-bond acceptors (Lipinski definition) is 6. The minimum absolute atomic E-state index is 0.00213. The Kier molecular flexibility index (Phi) is 3.77. The van der Waals surface area contributed by atoms with Crippen LogP contribution in [0.1, 0.15) is 27.2 Å². The van der Waals surface area contributed by atoms with Crippen molar-refractivity contribution in [2.45, 2.75) is 44.9 Å². The highest BCUT2D eigenvalue weighted by Crippen LogP contribution is 2.35. The Morgan fingerprint density at radius 2 is 1.95 bits per heavy atom. The van der Waals surface area contributed by atoms with Gasteiger partial charge in [-0.25, -0.2) is 0 Å². The normalized spacial score (nSPS) is 43.0. The molecule has 3 aliphatic rings. The van der Waals surface area contributed by atoms with Crippen molar-refractivity contribution in [1.29, 1.82) is 0 Å². The number of nitrogens with zero attached hydrogens (tertiary/aromatic N) is 1. The highest BCUT2D eigenvalue weighted by molar-refractivity contribution is 5.78. The summed E-state index contributed by atoms with van der Waals surface area (Å²) in [6, 6.07) is 0.00213. The van der Waals surface area contributed by atoms with Gasteiger partial charge < -0.3 is 14.6 Å². The summed E-state index contributed by atoms with van der Waals surface area (Å²) in [5, 5.41) is 10.6. The van der Waals surface area contributed by atoms with E-state index in [4.69, 9.17) is 9.47 Å². The molecule has 0 aliphatic carbocycles. The molecule has 0 aromatic heterocycles. The number of rotatable bonds is 0. The van der Waals surface area contributed by atoms with Crippen molar-refractivity contribution in [3.8, 4) is 0 Å². The second-order valence-corrected chi connectivity index (χ2v) is 6.76. The van der Waals surface area contributed by atoms with Crippen molar-refractivity contribution < 1.29 is 24.2 Å². The molecule has 3 heterocycles. The van der Waals surface area contributed by atoms with E-state index in [1.54, 1.807) is 13.8 Å². The fourth-order valence-electron chi connectivity index (χ4n) is 3.51. The molecule has 0 amide bonds. The summed E-state index contributed by atoms with van der Waals surface area (Å²) in [6.07, 6.45) is 2.58. The van der Waals surface area contributed by atoms with Crippen molar-refractivity contribution in [2.75, 3.05) is 19.7 Å². The zero-order chi connectivity index (χ0) is 16.1. The third-order valence-corrected chi connectivity index (χ3v) is 5.52. The van der Waals surface area contributed by atoms with Crippen molar-refractivity contribution in [2.24, 2.45) is 11.8 Å². The standard InChI is InChI=1S/C16H23NO5/c1-9-14(18)21-8-11-4-6-17-7-5-12(13(11)17)22-15(19)10(2)16(9,3)20/h4,9-10,12-13,20H,5-8H2,1-3H3/t9?,10-,12+,13+,16-/m0/s1. The number of ether oxygens (including phenoxy) is 2. The average molecular weight is 309 g/mol. The quantitative estimate of drug-likeness (QED) is 0.518. The van der Waals surface area contributed by atoms with E-state index in [2.05, 4.69) is 4.90 Å². The molecule has 0 aromatic carbocycles. The van der Waals surface area contributed by atoms with Gasteiger partial charge in [-0.15, -0.1) is 0 Å². The van der Waals surface area contributed by atoms with Crippen LogP contribution in [0.4, 0.5) is 0 Å². The molecule has 0 spiro atoms. The maximum atomic E-state index is 12.4. The number of hydrogen-bond donors (Lipinski definition) is 1. The van der Waals surface area contributed by atoms with E-state index in [0.717, 1.165) is 25.1 Å². The summed E-state index contributed by atoms with van der Waals surface area (Å²) in [7, 11) is 0. The van der Waals surface area contributed by atoms with E-state index >= 15 is 0 Å². The molecule has 6 nitrogen and oxygen atoms in total. The van der Waals surface area contributed by atoms with E-state index in [1.807, 2.05) is 6.08 Å². The maximum Gasteiger partial charge on any atom is 0.311 e. The van der Waals surface area contributed by atoms with Crippen molar-refractivity contribution in [3.05, 3.63) is 11.6 Å². The lowest BCUT2D eigenvalue weighted by atomic mass is 9.80. The Bertz CT molecular complexity index is 527. The van der Waals surface area contributed by atoms with Crippen molar-refractivity contribution in [3.63, 3.8) is 0 Å². The molecule has 0 radical (unpaired) electrons. The summed E-state index contributed by atoms with van der Waals surface area (Å²) in [4.78, 5) is 26.8. The van der Waals surface area contributed by atoms with Gasteiger partial charge in [0.1, 0.15) is 12.7 Å². The number of esters is 2. The largest absolute Gasteiger partial charge is 0.461 e. The van der Waals surface area contributed by atoms with Crippen molar-refractivity contribution in [1.82, 2.24) is 4.90 Å². The zero-order valence-corrected chi connectivity index (χ0v) is 13.2. The third kappa shape index (κ3) is 2.34. The van der Waals surface area contributed by atoms with E-state index in [9.17, 15) is 14.7 Å². The van der Waals surface area contributed by atoms with Crippen LogP contribution in [0.3, 0.4) is 0 Å². The third-order valence-electron chi connectivity index (χ3n) is 5.52. The van der Waals surface area contributed by atoms with Gasteiger partial charge in [0.2, 0.25) is 0 Å². The molecule has 0 aromatic rings. The lowest BCUT2D eigenvalue weighted by Gasteiger charge is -2.33. The van der Waals surface area contributed by atoms with Gasteiger partial charge in [0.15, 0.2) is 0 Å². The molecule has 1 unspecified atom stereocenters. The molecule has 1 N–H and O–H groups in total. The smallest absolute Gasteiger partial charge is 0.311 e. The average Bonchev–Trinajstić information content (AvgIpc) is 3.05. The first kappa shape index (κ1) is 15.5. The Morgan fingerprint density at radius 1 is 1.27 bits per heavy atom. The van der Waals surface area contributed by atoms with Crippen LogP contribution in [0, 0.1) is 11.8 Å². The molecule has 0 saturated carbocycles. The van der Waals surface area contributed by atoms with Crippen LogP contribution in [0.15, 0.2) is 11.6 Å². The minimum Gasteiger partial charge on any atom is -0.461 e. The summed E-state index contributed by atoms with van der Waals surface area (Å²) in [5.74, 6) is -2.53. The van der Waals surface area contributed by atoms with Gasteiger partial charge in [-0.1, -0.05) is 6.08 Å². The van der Waals surface area contributed by atoms with Gasteiger partial charge in [0.05, 0.1) is 23.5 Å². The van der Waals surface area contributed by atoms with E-state index in [1.165, 1.54) is 6.92 Å². The number of carbonyl (C=O) groups is 2. The summed E-state index contributed by atoms with van der Waals surface area (Å²) in [6.45, 7) is 6.53. The Morgan fingerprint density at radius 3 is 2.68 bits per heavy atom. The lowest BCUT2D eigenvalue weighted by molar-refractivity contribution is -0.171. The molecule has 6 heteroatoms. The second-order valence-electron chi connectivity index (χ2n) is 6.76. The molecule has 3 rings (SSSR count). The molecule has 22 heavy (non-hydrogen) atoms. The second kappa shape index (κ2) is 5.35. The number of aliphatic hydroxyl groups is 1. The Balaban J connectivity index is 1.92. The Labute approximate surface area is 130 Å². The topological polar surface area (TPSA) is 76.1 Å². The van der Waals surface area contributed by atoms with Gasteiger partial charge in [0.25, 0.3) is 0 Å². The fourth-order valence-corrected chi connectivity index (χ4v) is 3.51. The molecule has 2 fully saturated rings. The highest BCUT2D eigenvalue weighted by Gasteiger charge is 2.48. The van der Waals surface area contributed by atoms with Crippen LogP contribution in [0.5, 0.6) is 0 Å². The zero-order valence-electron chi connectivity index (χ0n) is 13.2. The molecule has 122 valence electrons. The first-order valence-electron chi connectivity index (χ1n) is 7.85. The van der Waals surface area contributed by atoms with Crippen LogP contribution in [-0.4, -0.2) is 59.4 Å². The van der Waals surface area contributed by atoms with Gasteiger partial charge in [0, 0.05) is 13.1 Å². The molecule has 5 atom stereocenters. The van der Waals surface area contributed by atoms with Crippen molar-refractivity contribution >= 4 is 11.9 Å². The van der Waals surface area contributed by atoms with Gasteiger partial charge in [-0.05, 0) is 32.8 Å². The molecular weight excluding hydrogens is 286 g/mol. The maximum absolute atomic E-state index is 12.4. The molecule has 2 saturated heterocycles. The monoisotopic (exact) mass is 309 g/mol. The van der Waals surface area contributed by atoms with Gasteiger partial charge >= 0.3 is 11.9 Å². The predicted octanol–water partition coefficient (Wildman–Crippen LogP) is 0.492. The highest BCUT2D eigenvalue weighted by atomic mass is 16.6. The molecule has 0 bridgehead atoms. The molecular formula is C16H23NO5. The van der Waals surface area contributed by atoms with Crippen LogP contribution in [-0.2, 0) is 19.1 Å². The van der Waals surface area contributed by atoms with E-state index in [-0.39, 0.29) is 18.8 Å². The predicted molar refractivity (Wildman–Crippen MR) is 77.9 cm³/mol. The number of cyclic esters (lactones) is 1. The first-order chi connectivity index (χ1) is 10.3. The lowest BCUT2D eigenvalue weighted by Crippen LogP contribution is -2.48. The van der Waals surface area contributed by atoms with E-state index < -0.39 is 29.4 Å². The van der Waals surface area contributed by atoms with E-state index in [0.29, 0.717) is 0 Å². The summed E-state index contributed by atoms with van der Waals surface area (Å²) < 4.78 is 11.1.